The smallest absolute Gasteiger partial charge is 0.187 e. The molecule has 5 nitrogen and oxygen atoms in total. The van der Waals surface area contributed by atoms with E-state index in [1.807, 2.05) is 30.3 Å². The van der Waals surface area contributed by atoms with Gasteiger partial charge in [-0.2, -0.15) is 0 Å². The number of aromatic amines is 1. The van der Waals surface area contributed by atoms with E-state index >= 15 is 0 Å². The van der Waals surface area contributed by atoms with Crippen LogP contribution in [0.5, 0.6) is 0 Å². The molecule has 3 heterocycles. The molecule has 1 saturated heterocycles. The van der Waals surface area contributed by atoms with E-state index in [0.717, 1.165) is 67.9 Å². The van der Waals surface area contributed by atoms with Crippen molar-refractivity contribution in [3.63, 3.8) is 0 Å². The van der Waals surface area contributed by atoms with Crippen molar-refractivity contribution in [3.8, 4) is 11.1 Å². The van der Waals surface area contributed by atoms with E-state index in [0.29, 0.717) is 15.7 Å². The van der Waals surface area contributed by atoms with Crippen molar-refractivity contribution < 1.29 is 0 Å². The fourth-order valence-electron chi connectivity index (χ4n) is 5.80. The molecule has 1 aromatic heterocycles. The van der Waals surface area contributed by atoms with Gasteiger partial charge in [0, 0.05) is 12.1 Å². The number of nitrogens with one attached hydrogen (secondary N) is 2. The van der Waals surface area contributed by atoms with E-state index in [2.05, 4.69) is 44.3 Å². The maximum atomic E-state index is 7.35. The maximum Gasteiger partial charge on any atom is 0.187 e. The molecule has 0 amide bonds. The van der Waals surface area contributed by atoms with Crippen molar-refractivity contribution in [2.45, 2.75) is 31.3 Å². The van der Waals surface area contributed by atoms with E-state index in [-0.39, 0.29) is 5.54 Å². The van der Waals surface area contributed by atoms with Gasteiger partial charge < -0.3 is 10.3 Å². The highest BCUT2D eigenvalue weighted by atomic mass is 35.5. The second-order valence-electron chi connectivity index (χ2n) is 9.45. The van der Waals surface area contributed by atoms with Crippen LogP contribution < -0.4 is 5.32 Å². The molecule has 2 N–H and O–H groups in total. The third kappa shape index (κ3) is 4.01. The van der Waals surface area contributed by atoms with Gasteiger partial charge in [0.2, 0.25) is 0 Å². The molecule has 1 fully saturated rings. The first kappa shape index (κ1) is 22.6. The van der Waals surface area contributed by atoms with Gasteiger partial charge in [0.15, 0.2) is 5.69 Å². The largest absolute Gasteiger partial charge is 0.341 e. The van der Waals surface area contributed by atoms with Gasteiger partial charge in [-0.05, 0) is 72.8 Å². The Morgan fingerprint density at radius 2 is 1.80 bits per heavy atom. The molecule has 0 radical (unpaired) electrons. The molecule has 2 aliphatic heterocycles. The first-order chi connectivity index (χ1) is 17.1. The number of hydrogen-bond acceptors (Lipinski definition) is 3. The van der Waals surface area contributed by atoms with Crippen molar-refractivity contribution in [2.24, 2.45) is 0 Å². The third-order valence-electron chi connectivity index (χ3n) is 7.52. The highest BCUT2D eigenvalue weighted by Gasteiger charge is 2.43. The molecule has 1 spiro atoms. The third-order valence-corrected chi connectivity index (χ3v) is 8.24. The average molecular weight is 502 g/mol. The Balaban J connectivity index is 1.36. The van der Waals surface area contributed by atoms with Gasteiger partial charge in [-0.25, -0.2) is 9.83 Å². The topological polar surface area (TPSA) is 48.3 Å². The first-order valence-corrected chi connectivity index (χ1v) is 12.7. The molecule has 4 aromatic rings. The predicted molar refractivity (Wildman–Crippen MR) is 142 cm³/mol. The monoisotopic (exact) mass is 501 g/mol. The fourth-order valence-corrected chi connectivity index (χ4v) is 6.12. The number of nitrogens with zero attached hydrogens (tertiary/aromatic N) is 3. The summed E-state index contributed by atoms with van der Waals surface area (Å²) in [4.78, 5) is 14.5. The van der Waals surface area contributed by atoms with Gasteiger partial charge in [-0.15, -0.1) is 0 Å². The second kappa shape index (κ2) is 8.96. The molecule has 0 aliphatic carbocycles. The Morgan fingerprint density at radius 3 is 2.63 bits per heavy atom. The molecule has 176 valence electrons. The molecule has 35 heavy (non-hydrogen) atoms. The molecular formula is C28H25Cl2N5. The summed E-state index contributed by atoms with van der Waals surface area (Å²) in [5.41, 5.74) is 7.53. The standard InChI is InChI=1S/C28H25Cl2N5/c1-31-21-4-2-3-18(14-21)19-5-6-22-20(13-19)7-12-35(28(22)8-10-32-11-9-28)17-27-33-25-15-23(29)24(30)16-26(25)34-27/h2-6,13-16,32H,7-12,17H2,(H,33,34). The molecule has 6 rings (SSSR count). The number of piperidine rings is 1. The second-order valence-corrected chi connectivity index (χ2v) is 10.3. The summed E-state index contributed by atoms with van der Waals surface area (Å²) in [5, 5.41) is 4.61. The van der Waals surface area contributed by atoms with Crippen LogP contribution in [0.2, 0.25) is 10.0 Å². The summed E-state index contributed by atoms with van der Waals surface area (Å²) in [7, 11) is 0. The van der Waals surface area contributed by atoms with Gasteiger partial charge in [0.05, 0.1) is 34.2 Å². The van der Waals surface area contributed by atoms with Crippen molar-refractivity contribution in [1.82, 2.24) is 20.2 Å². The lowest BCUT2D eigenvalue weighted by atomic mass is 9.74. The minimum atomic E-state index is -0.0238. The lowest BCUT2D eigenvalue weighted by molar-refractivity contribution is 0.0334. The average Bonchev–Trinajstić information content (AvgIpc) is 3.27. The van der Waals surface area contributed by atoms with Crippen molar-refractivity contribution >= 4 is 39.9 Å². The van der Waals surface area contributed by atoms with Crippen molar-refractivity contribution in [2.75, 3.05) is 19.6 Å². The number of imidazole rings is 1. The Morgan fingerprint density at radius 1 is 1.00 bits per heavy atom. The zero-order valence-corrected chi connectivity index (χ0v) is 20.8. The lowest BCUT2D eigenvalue weighted by Gasteiger charge is -2.50. The highest BCUT2D eigenvalue weighted by Crippen LogP contribution is 2.44. The maximum absolute atomic E-state index is 7.35. The van der Waals surface area contributed by atoms with E-state index in [1.165, 1.54) is 16.7 Å². The van der Waals surface area contributed by atoms with E-state index in [9.17, 15) is 0 Å². The van der Waals surface area contributed by atoms with Gasteiger partial charge >= 0.3 is 0 Å². The molecular weight excluding hydrogens is 477 g/mol. The van der Waals surface area contributed by atoms with Crippen LogP contribution in [-0.4, -0.2) is 34.5 Å². The number of aromatic nitrogens is 2. The van der Waals surface area contributed by atoms with E-state index < -0.39 is 0 Å². The number of H-pyrrole nitrogens is 1. The first-order valence-electron chi connectivity index (χ1n) is 12.0. The van der Waals surface area contributed by atoms with Gasteiger partial charge in [0.25, 0.3) is 0 Å². The Hall–Kier alpha value is -2.88. The molecule has 7 heteroatoms. The number of fused-ring (bicyclic) bond motifs is 3. The number of benzene rings is 3. The van der Waals surface area contributed by atoms with Crippen LogP contribution in [0.4, 0.5) is 5.69 Å². The van der Waals surface area contributed by atoms with Crippen LogP contribution in [0.3, 0.4) is 0 Å². The number of halogens is 2. The number of hydrogen-bond donors (Lipinski definition) is 2. The van der Waals surface area contributed by atoms with E-state index in [1.54, 1.807) is 0 Å². The predicted octanol–water partition coefficient (Wildman–Crippen LogP) is 6.72. The molecule has 0 atom stereocenters. The highest BCUT2D eigenvalue weighted by molar-refractivity contribution is 6.42. The van der Waals surface area contributed by atoms with Crippen LogP contribution in [-0.2, 0) is 18.5 Å². The van der Waals surface area contributed by atoms with E-state index in [4.69, 9.17) is 34.8 Å². The molecule has 0 saturated carbocycles. The lowest BCUT2D eigenvalue weighted by Crippen LogP contribution is -2.55. The number of rotatable bonds is 3. The summed E-state index contributed by atoms with van der Waals surface area (Å²) in [6.07, 6.45) is 3.10. The zero-order valence-electron chi connectivity index (χ0n) is 19.2. The Labute approximate surface area is 214 Å². The molecule has 2 aliphatic rings. The van der Waals surface area contributed by atoms with Crippen LogP contribution in [0.1, 0.15) is 29.8 Å². The normalized spacial score (nSPS) is 17.4. The minimum absolute atomic E-state index is 0.0238. The van der Waals surface area contributed by atoms with Crippen LogP contribution in [0, 0.1) is 6.57 Å². The molecule has 0 bridgehead atoms. The van der Waals surface area contributed by atoms with Crippen LogP contribution in [0.15, 0.2) is 54.6 Å². The summed E-state index contributed by atoms with van der Waals surface area (Å²) < 4.78 is 0. The Bertz CT molecular complexity index is 1420. The fraction of sp³-hybridized carbons (Fsp3) is 0.286. The minimum Gasteiger partial charge on any atom is -0.341 e. The van der Waals surface area contributed by atoms with Crippen molar-refractivity contribution in [3.05, 3.63) is 93.0 Å². The van der Waals surface area contributed by atoms with Gasteiger partial charge in [-0.1, -0.05) is 59.6 Å². The van der Waals surface area contributed by atoms with Crippen molar-refractivity contribution in [1.29, 1.82) is 0 Å². The summed E-state index contributed by atoms with van der Waals surface area (Å²) >= 11 is 12.4. The van der Waals surface area contributed by atoms with Crippen LogP contribution in [0.25, 0.3) is 27.0 Å². The summed E-state index contributed by atoms with van der Waals surface area (Å²) in [5.74, 6) is 0.937. The SMILES string of the molecule is [C-]#[N+]c1cccc(-c2ccc3c(c2)CCN(Cc2nc4cc(Cl)c(Cl)cc4[nH]2)C32CCNCC2)c1. The zero-order chi connectivity index (χ0) is 24.0. The van der Waals surface area contributed by atoms with Gasteiger partial charge in [0.1, 0.15) is 5.82 Å². The quantitative estimate of drug-likeness (QED) is 0.306. The molecule has 3 aromatic carbocycles. The van der Waals surface area contributed by atoms with Crippen LogP contribution >= 0.6 is 23.2 Å². The molecule has 0 unspecified atom stereocenters. The van der Waals surface area contributed by atoms with Gasteiger partial charge in [-0.3, -0.25) is 4.90 Å². The Kier molecular flexibility index (Phi) is 5.78. The summed E-state index contributed by atoms with van der Waals surface area (Å²) in [6, 6.07) is 18.5. The summed E-state index contributed by atoms with van der Waals surface area (Å²) in [6.45, 7) is 11.1.